The molecule has 3 N–H and O–H groups in total. The van der Waals surface area contributed by atoms with Crippen molar-refractivity contribution in [3.63, 3.8) is 0 Å². The Hall–Kier alpha value is -1.63. The van der Waals surface area contributed by atoms with Gasteiger partial charge in [-0.15, -0.1) is 0 Å². The summed E-state index contributed by atoms with van der Waals surface area (Å²) < 4.78 is 37.8. The van der Waals surface area contributed by atoms with Gasteiger partial charge in [0.2, 0.25) is 0 Å². The van der Waals surface area contributed by atoms with E-state index in [0.29, 0.717) is 6.42 Å². The molecule has 0 spiro atoms. The van der Waals surface area contributed by atoms with Crippen LogP contribution in [-0.2, 0) is 0 Å². The second-order valence-electron chi connectivity index (χ2n) is 4.24. The highest BCUT2D eigenvalue weighted by Crippen LogP contribution is 2.34. The van der Waals surface area contributed by atoms with Gasteiger partial charge in [0.25, 0.3) is 0 Å². The van der Waals surface area contributed by atoms with Gasteiger partial charge in [0, 0.05) is 12.2 Å². The molecular weight excluding hydrogens is 297 g/mol. The molecule has 0 saturated carbocycles. The molecule has 20 heavy (non-hydrogen) atoms. The molecule has 0 fully saturated rings. The van der Waals surface area contributed by atoms with Crippen LogP contribution >= 0.6 is 11.6 Å². The van der Waals surface area contributed by atoms with Gasteiger partial charge in [0.05, 0.1) is 16.3 Å². The highest BCUT2D eigenvalue weighted by molar-refractivity contribution is 6.34. The van der Waals surface area contributed by atoms with Gasteiger partial charge in [-0.3, -0.25) is 0 Å². The number of alkyl halides is 3. The van der Waals surface area contributed by atoms with Crippen molar-refractivity contribution in [1.82, 2.24) is 0 Å². The number of carboxylic acids is 1. The Morgan fingerprint density at radius 3 is 2.50 bits per heavy atom. The molecule has 0 saturated heterocycles. The Balaban J connectivity index is 3.35. The molecule has 0 aliphatic rings. The van der Waals surface area contributed by atoms with E-state index in [-0.39, 0.29) is 28.5 Å². The first-order valence-corrected chi connectivity index (χ1v) is 6.17. The highest BCUT2D eigenvalue weighted by Gasteiger charge is 2.33. The fraction of sp³-hybridized carbons (Fsp3) is 0.417. The number of aromatic carboxylic acids is 1. The molecule has 4 nitrogen and oxygen atoms in total. The summed E-state index contributed by atoms with van der Waals surface area (Å²) in [4.78, 5) is 12.1. The third kappa shape index (κ3) is 4.19. The summed E-state index contributed by atoms with van der Waals surface area (Å²) in [6, 6.07) is 2.34. The number of nitrogens with zero attached hydrogens (tertiary/aromatic N) is 1. The van der Waals surface area contributed by atoms with Gasteiger partial charge in [0.15, 0.2) is 0 Å². The van der Waals surface area contributed by atoms with Crippen molar-refractivity contribution in [2.75, 3.05) is 23.7 Å². The Kier molecular flexibility index (Phi) is 5.10. The molecule has 0 heterocycles. The molecule has 0 amide bonds. The number of anilines is 2. The maximum Gasteiger partial charge on any atom is 0.405 e. The van der Waals surface area contributed by atoms with Crippen molar-refractivity contribution in [2.45, 2.75) is 19.5 Å². The van der Waals surface area contributed by atoms with Crippen molar-refractivity contribution in [2.24, 2.45) is 0 Å². The minimum atomic E-state index is -4.46. The third-order valence-corrected chi connectivity index (χ3v) is 2.78. The van der Waals surface area contributed by atoms with Crippen LogP contribution in [0.1, 0.15) is 23.7 Å². The number of rotatable bonds is 5. The number of benzene rings is 1. The number of carboxylic acid groups (broad SMARTS) is 1. The third-order valence-electron chi connectivity index (χ3n) is 2.50. The smallest absolute Gasteiger partial charge is 0.405 e. The van der Waals surface area contributed by atoms with Gasteiger partial charge in [0.1, 0.15) is 6.54 Å². The zero-order valence-corrected chi connectivity index (χ0v) is 11.4. The SMILES string of the molecule is CCCN(CC(F)(F)F)c1c(Cl)cc(N)cc1C(=O)O. The molecule has 0 unspecified atom stereocenters. The van der Waals surface area contributed by atoms with E-state index in [1.165, 1.54) is 6.07 Å². The normalized spacial score (nSPS) is 11.4. The van der Waals surface area contributed by atoms with Crippen LogP contribution in [0.15, 0.2) is 12.1 Å². The molecule has 1 rings (SSSR count). The highest BCUT2D eigenvalue weighted by atomic mass is 35.5. The molecule has 1 aromatic carbocycles. The van der Waals surface area contributed by atoms with Gasteiger partial charge in [-0.05, 0) is 18.6 Å². The minimum absolute atomic E-state index is 0.0312. The summed E-state index contributed by atoms with van der Waals surface area (Å²) in [5.74, 6) is -1.38. The van der Waals surface area contributed by atoms with Crippen LogP contribution in [0.3, 0.4) is 0 Å². The number of carbonyl (C=O) groups is 1. The first-order chi connectivity index (χ1) is 9.15. The van der Waals surface area contributed by atoms with Gasteiger partial charge >= 0.3 is 12.1 Å². The molecule has 0 aliphatic carbocycles. The number of nitrogens with two attached hydrogens (primary N) is 1. The Morgan fingerprint density at radius 1 is 1.45 bits per heavy atom. The van der Waals surface area contributed by atoms with E-state index in [1.807, 2.05) is 0 Å². The van der Waals surface area contributed by atoms with Gasteiger partial charge in [-0.25, -0.2) is 4.79 Å². The van der Waals surface area contributed by atoms with Crippen LogP contribution in [0.5, 0.6) is 0 Å². The summed E-state index contributed by atoms with van der Waals surface area (Å²) in [6.07, 6.45) is -4.05. The lowest BCUT2D eigenvalue weighted by Crippen LogP contribution is -2.36. The van der Waals surface area contributed by atoms with Crippen LogP contribution in [0, 0.1) is 0 Å². The maximum atomic E-state index is 12.6. The Labute approximate surface area is 118 Å². The number of hydrogen-bond acceptors (Lipinski definition) is 3. The van der Waals surface area contributed by atoms with Gasteiger partial charge in [-0.2, -0.15) is 13.2 Å². The molecule has 0 aliphatic heterocycles. The quantitative estimate of drug-likeness (QED) is 0.818. The fourth-order valence-corrected chi connectivity index (χ4v) is 2.21. The van der Waals surface area contributed by atoms with E-state index in [2.05, 4.69) is 0 Å². The second-order valence-corrected chi connectivity index (χ2v) is 4.65. The zero-order valence-electron chi connectivity index (χ0n) is 10.7. The topological polar surface area (TPSA) is 66.6 Å². The van der Waals surface area contributed by atoms with Crippen LogP contribution in [-0.4, -0.2) is 30.3 Å². The average Bonchev–Trinajstić information content (AvgIpc) is 2.25. The van der Waals surface area contributed by atoms with Crippen molar-refractivity contribution in [1.29, 1.82) is 0 Å². The zero-order chi connectivity index (χ0) is 15.5. The van der Waals surface area contributed by atoms with E-state index in [0.717, 1.165) is 11.0 Å². The number of nitrogen functional groups attached to an aromatic ring is 1. The lowest BCUT2D eigenvalue weighted by Gasteiger charge is -2.28. The van der Waals surface area contributed by atoms with Crippen LogP contribution in [0.25, 0.3) is 0 Å². The molecule has 0 atom stereocenters. The first kappa shape index (κ1) is 16.4. The summed E-state index contributed by atoms with van der Waals surface area (Å²) in [5, 5.41) is 9.00. The Bertz CT molecular complexity index is 506. The van der Waals surface area contributed by atoms with E-state index >= 15 is 0 Å². The van der Waals surface area contributed by atoms with Crippen LogP contribution in [0.4, 0.5) is 24.5 Å². The average molecular weight is 311 g/mol. The summed E-state index contributed by atoms with van der Waals surface area (Å²) in [5.41, 5.74) is 5.06. The lowest BCUT2D eigenvalue weighted by atomic mass is 10.1. The fourth-order valence-electron chi connectivity index (χ4n) is 1.86. The second kappa shape index (κ2) is 6.21. The largest absolute Gasteiger partial charge is 0.478 e. The summed E-state index contributed by atoms with van der Waals surface area (Å²) in [6.45, 7) is 0.448. The van der Waals surface area contributed by atoms with Crippen molar-refractivity contribution < 1.29 is 23.1 Å². The number of hydrogen-bond donors (Lipinski definition) is 2. The molecule has 0 radical (unpaired) electrons. The predicted octanol–water partition coefficient (Wildman–Crippen LogP) is 3.40. The van der Waals surface area contributed by atoms with Crippen LogP contribution < -0.4 is 10.6 Å². The van der Waals surface area contributed by atoms with E-state index in [9.17, 15) is 18.0 Å². The van der Waals surface area contributed by atoms with Crippen molar-refractivity contribution in [3.8, 4) is 0 Å². The summed E-state index contributed by atoms with van der Waals surface area (Å²) >= 11 is 5.89. The lowest BCUT2D eigenvalue weighted by molar-refractivity contribution is -0.119. The summed E-state index contributed by atoms with van der Waals surface area (Å²) in [7, 11) is 0. The Morgan fingerprint density at radius 2 is 2.05 bits per heavy atom. The van der Waals surface area contributed by atoms with Crippen molar-refractivity contribution >= 4 is 28.9 Å². The first-order valence-electron chi connectivity index (χ1n) is 5.79. The maximum absolute atomic E-state index is 12.6. The molecule has 1 aromatic rings. The predicted molar refractivity (Wildman–Crippen MR) is 71.4 cm³/mol. The molecule has 8 heteroatoms. The minimum Gasteiger partial charge on any atom is -0.478 e. The molecule has 0 aromatic heterocycles. The van der Waals surface area contributed by atoms with E-state index in [1.54, 1.807) is 6.92 Å². The number of halogens is 4. The van der Waals surface area contributed by atoms with Gasteiger partial charge < -0.3 is 15.7 Å². The molecule has 112 valence electrons. The van der Waals surface area contributed by atoms with Crippen molar-refractivity contribution in [3.05, 3.63) is 22.7 Å². The van der Waals surface area contributed by atoms with E-state index in [4.69, 9.17) is 22.4 Å². The van der Waals surface area contributed by atoms with E-state index < -0.39 is 18.7 Å². The standard InChI is InChI=1S/C12H14ClF3N2O2/c1-2-3-18(6-12(14,15)16)10-8(11(19)20)4-7(17)5-9(10)13/h4-5H,2-3,6,17H2,1H3,(H,19,20). The van der Waals surface area contributed by atoms with Gasteiger partial charge in [-0.1, -0.05) is 18.5 Å². The molecule has 0 bridgehead atoms. The molecular formula is C12H14ClF3N2O2. The monoisotopic (exact) mass is 310 g/mol. The van der Waals surface area contributed by atoms with Crippen LogP contribution in [0.2, 0.25) is 5.02 Å².